The molecule has 26 heavy (non-hydrogen) atoms. The van der Waals surface area contributed by atoms with Crippen LogP contribution in [0.2, 0.25) is 0 Å². The number of hydrogen-bond acceptors (Lipinski definition) is 2. The molecule has 2 aromatic heterocycles. The summed E-state index contributed by atoms with van der Waals surface area (Å²) in [5.74, 6) is 0.855. The summed E-state index contributed by atoms with van der Waals surface area (Å²) in [6, 6.07) is 11.9. The minimum absolute atomic E-state index is 0.0902. The van der Waals surface area contributed by atoms with Gasteiger partial charge in [0.25, 0.3) is 5.91 Å². The maximum Gasteiger partial charge on any atom is 0.253 e. The zero-order valence-corrected chi connectivity index (χ0v) is 17.2. The minimum atomic E-state index is -0.0902. The monoisotopic (exact) mass is 474 g/mol. The summed E-state index contributed by atoms with van der Waals surface area (Å²) in [5, 5.41) is 3.90. The molecule has 0 aliphatic heterocycles. The predicted octanol–water partition coefficient (Wildman–Crippen LogP) is 4.78. The molecule has 2 heterocycles. The van der Waals surface area contributed by atoms with E-state index in [-0.39, 0.29) is 5.91 Å². The van der Waals surface area contributed by atoms with Gasteiger partial charge in [-0.2, -0.15) is 0 Å². The Morgan fingerprint density at radius 3 is 2.85 bits per heavy atom. The summed E-state index contributed by atoms with van der Waals surface area (Å²) in [6.45, 7) is 3.19. The van der Waals surface area contributed by atoms with Crippen LogP contribution in [0, 0.1) is 6.92 Å². The summed E-state index contributed by atoms with van der Waals surface area (Å²) in [7, 11) is 0. The Morgan fingerprint density at radius 2 is 2.00 bits per heavy atom. The number of para-hydroxylation sites is 2. The third kappa shape index (κ3) is 3.05. The SMILES string of the molecule is Cc1nc2ccccc2n1CCNC(=O)c1c[nH]c2cc(Br)c(Br)cc12. The molecule has 4 rings (SSSR count). The summed E-state index contributed by atoms with van der Waals surface area (Å²) < 4.78 is 3.99. The van der Waals surface area contributed by atoms with Gasteiger partial charge >= 0.3 is 0 Å². The molecule has 1 amide bonds. The van der Waals surface area contributed by atoms with E-state index in [1.165, 1.54) is 0 Å². The first-order valence-electron chi connectivity index (χ1n) is 8.21. The number of amides is 1. The van der Waals surface area contributed by atoms with Crippen molar-refractivity contribution in [3.05, 3.63) is 62.9 Å². The lowest BCUT2D eigenvalue weighted by Crippen LogP contribution is -2.27. The summed E-state index contributed by atoms with van der Waals surface area (Å²) in [6.07, 6.45) is 1.75. The number of imidazole rings is 1. The van der Waals surface area contributed by atoms with Crippen molar-refractivity contribution < 1.29 is 4.79 Å². The molecular weight excluding hydrogens is 460 g/mol. The number of benzene rings is 2. The van der Waals surface area contributed by atoms with E-state index >= 15 is 0 Å². The van der Waals surface area contributed by atoms with E-state index < -0.39 is 0 Å². The normalized spacial score (nSPS) is 11.3. The Kier molecular flexibility index (Phi) is 4.58. The molecule has 132 valence electrons. The average Bonchev–Trinajstić information content (AvgIpc) is 3.16. The van der Waals surface area contributed by atoms with Gasteiger partial charge in [-0.1, -0.05) is 12.1 Å². The second-order valence-electron chi connectivity index (χ2n) is 6.07. The number of aromatic amines is 1. The largest absolute Gasteiger partial charge is 0.360 e. The van der Waals surface area contributed by atoms with Gasteiger partial charge in [0.2, 0.25) is 0 Å². The van der Waals surface area contributed by atoms with Crippen molar-refractivity contribution in [1.29, 1.82) is 0 Å². The highest BCUT2D eigenvalue weighted by Gasteiger charge is 2.14. The molecule has 2 aromatic carbocycles. The molecule has 0 radical (unpaired) electrons. The number of nitrogens with one attached hydrogen (secondary N) is 2. The maximum absolute atomic E-state index is 12.6. The molecule has 0 bridgehead atoms. The number of H-pyrrole nitrogens is 1. The summed E-state index contributed by atoms with van der Waals surface area (Å²) >= 11 is 6.97. The van der Waals surface area contributed by atoms with Crippen molar-refractivity contribution in [2.45, 2.75) is 13.5 Å². The fraction of sp³-hybridized carbons (Fsp3) is 0.158. The molecule has 0 atom stereocenters. The first-order chi connectivity index (χ1) is 12.5. The number of carbonyl (C=O) groups excluding carboxylic acids is 1. The van der Waals surface area contributed by atoms with Crippen LogP contribution in [-0.4, -0.2) is 27.0 Å². The van der Waals surface area contributed by atoms with Crippen LogP contribution < -0.4 is 5.32 Å². The topological polar surface area (TPSA) is 62.7 Å². The van der Waals surface area contributed by atoms with Crippen molar-refractivity contribution in [3.63, 3.8) is 0 Å². The van der Waals surface area contributed by atoms with Gasteiger partial charge in [-0.05, 0) is 63.0 Å². The van der Waals surface area contributed by atoms with Crippen LogP contribution in [0.3, 0.4) is 0 Å². The van der Waals surface area contributed by atoms with Crippen molar-refractivity contribution >= 4 is 59.7 Å². The Labute approximate surface area is 167 Å². The van der Waals surface area contributed by atoms with Gasteiger partial charge in [0.1, 0.15) is 5.82 Å². The Morgan fingerprint density at radius 1 is 1.23 bits per heavy atom. The molecule has 0 spiro atoms. The Balaban J connectivity index is 1.51. The zero-order chi connectivity index (χ0) is 18.3. The Hall–Kier alpha value is -2.12. The molecule has 7 heteroatoms. The quantitative estimate of drug-likeness (QED) is 0.446. The third-order valence-corrected chi connectivity index (χ3v) is 6.28. The van der Waals surface area contributed by atoms with Crippen molar-refractivity contribution in [3.8, 4) is 0 Å². The van der Waals surface area contributed by atoms with Crippen molar-refractivity contribution in [2.75, 3.05) is 6.54 Å². The van der Waals surface area contributed by atoms with Crippen LogP contribution in [0.4, 0.5) is 0 Å². The van der Waals surface area contributed by atoms with Gasteiger partial charge in [-0.25, -0.2) is 4.98 Å². The van der Waals surface area contributed by atoms with Gasteiger partial charge in [0.15, 0.2) is 0 Å². The number of rotatable bonds is 4. The molecule has 0 aliphatic rings. The van der Waals surface area contributed by atoms with E-state index in [0.717, 1.165) is 36.7 Å². The lowest BCUT2D eigenvalue weighted by Gasteiger charge is -2.08. The number of aryl methyl sites for hydroxylation is 1. The van der Waals surface area contributed by atoms with Crippen molar-refractivity contribution in [2.24, 2.45) is 0 Å². The van der Waals surface area contributed by atoms with E-state index in [0.29, 0.717) is 18.7 Å². The van der Waals surface area contributed by atoms with Gasteiger partial charge in [-0.3, -0.25) is 4.79 Å². The number of nitrogens with zero attached hydrogens (tertiary/aromatic N) is 2. The standard InChI is InChI=1S/C19H16Br2N4O/c1-11-24-16-4-2-3-5-18(16)25(11)7-6-22-19(26)13-10-23-17-9-15(21)14(20)8-12(13)17/h2-5,8-10,23H,6-7H2,1H3,(H,22,26). The molecule has 4 aromatic rings. The van der Waals surface area contributed by atoms with Crippen LogP contribution in [0.1, 0.15) is 16.2 Å². The lowest BCUT2D eigenvalue weighted by molar-refractivity contribution is 0.0954. The van der Waals surface area contributed by atoms with Gasteiger partial charge in [-0.15, -0.1) is 0 Å². The smallest absolute Gasteiger partial charge is 0.253 e. The number of fused-ring (bicyclic) bond motifs is 2. The van der Waals surface area contributed by atoms with E-state index in [9.17, 15) is 4.79 Å². The molecule has 0 aliphatic carbocycles. The van der Waals surface area contributed by atoms with Crippen LogP contribution >= 0.6 is 31.9 Å². The van der Waals surface area contributed by atoms with Gasteiger partial charge in [0.05, 0.1) is 16.6 Å². The van der Waals surface area contributed by atoms with Crippen molar-refractivity contribution in [1.82, 2.24) is 19.9 Å². The lowest BCUT2D eigenvalue weighted by atomic mass is 10.1. The number of aromatic nitrogens is 3. The second-order valence-corrected chi connectivity index (χ2v) is 7.78. The third-order valence-electron chi connectivity index (χ3n) is 4.43. The molecular formula is C19H16Br2N4O. The molecule has 2 N–H and O–H groups in total. The first kappa shape index (κ1) is 17.3. The molecule has 0 fully saturated rings. The highest BCUT2D eigenvalue weighted by molar-refractivity contribution is 9.13. The molecule has 0 saturated carbocycles. The van der Waals surface area contributed by atoms with Crippen LogP contribution in [0.5, 0.6) is 0 Å². The van der Waals surface area contributed by atoms with E-state index in [1.807, 2.05) is 43.3 Å². The average molecular weight is 476 g/mol. The number of halogens is 2. The molecule has 0 saturated heterocycles. The fourth-order valence-corrected chi connectivity index (χ4v) is 3.85. The first-order valence-corrected chi connectivity index (χ1v) is 9.79. The van der Waals surface area contributed by atoms with Gasteiger partial charge in [0, 0.05) is 39.1 Å². The van der Waals surface area contributed by atoms with E-state index in [2.05, 4.69) is 51.7 Å². The van der Waals surface area contributed by atoms with Crippen LogP contribution in [0.25, 0.3) is 21.9 Å². The van der Waals surface area contributed by atoms with Gasteiger partial charge < -0.3 is 14.9 Å². The van der Waals surface area contributed by atoms with Crippen LogP contribution in [0.15, 0.2) is 51.5 Å². The fourth-order valence-electron chi connectivity index (χ4n) is 3.16. The zero-order valence-electron chi connectivity index (χ0n) is 14.0. The number of carbonyl (C=O) groups is 1. The maximum atomic E-state index is 12.6. The van der Waals surface area contributed by atoms with E-state index in [1.54, 1.807) is 6.20 Å². The minimum Gasteiger partial charge on any atom is -0.360 e. The van der Waals surface area contributed by atoms with Crippen LogP contribution in [-0.2, 0) is 6.54 Å². The summed E-state index contributed by atoms with van der Waals surface area (Å²) in [5.41, 5.74) is 3.62. The molecule has 0 unspecified atom stereocenters. The second kappa shape index (κ2) is 6.89. The highest BCUT2D eigenvalue weighted by atomic mass is 79.9. The number of hydrogen-bond donors (Lipinski definition) is 2. The molecule has 5 nitrogen and oxygen atoms in total. The summed E-state index contributed by atoms with van der Waals surface area (Å²) in [4.78, 5) is 20.3. The highest BCUT2D eigenvalue weighted by Crippen LogP contribution is 2.30. The Bertz CT molecular complexity index is 1130. The van der Waals surface area contributed by atoms with E-state index in [4.69, 9.17) is 0 Å². The predicted molar refractivity (Wildman–Crippen MR) is 111 cm³/mol.